The van der Waals surface area contributed by atoms with Crippen LogP contribution in [0.4, 0.5) is 0 Å². The van der Waals surface area contributed by atoms with E-state index in [1.807, 2.05) is 30.5 Å². The smallest absolute Gasteiger partial charge is 0.270 e. The minimum Gasteiger partial charge on any atom is -0.300 e. The summed E-state index contributed by atoms with van der Waals surface area (Å²) in [6.07, 6.45) is 6.90. The monoisotopic (exact) mass is 354 g/mol. The highest BCUT2D eigenvalue weighted by molar-refractivity contribution is 7.98. The Balaban J connectivity index is 2.02. The molecule has 130 valence electrons. The van der Waals surface area contributed by atoms with Gasteiger partial charge < -0.3 is 4.98 Å². The lowest BCUT2D eigenvalue weighted by Crippen LogP contribution is -2.24. The van der Waals surface area contributed by atoms with Gasteiger partial charge in [-0.1, -0.05) is 48.9 Å². The van der Waals surface area contributed by atoms with Crippen LogP contribution in [0.25, 0.3) is 11.3 Å². The van der Waals surface area contributed by atoms with Crippen LogP contribution < -0.4 is 5.56 Å². The fraction of sp³-hybridized carbons (Fsp3) is 0.421. The molecular weight excluding hydrogens is 332 g/mol. The first-order valence-corrected chi connectivity index (χ1v) is 9.84. The number of benzene rings is 1. The van der Waals surface area contributed by atoms with Crippen molar-refractivity contribution in [1.82, 2.24) is 14.9 Å². The third-order valence-electron chi connectivity index (χ3n) is 4.57. The Morgan fingerprint density at radius 1 is 1.24 bits per heavy atom. The maximum atomic E-state index is 12.2. The van der Waals surface area contributed by atoms with Gasteiger partial charge in [-0.05, 0) is 37.8 Å². The van der Waals surface area contributed by atoms with Gasteiger partial charge in [0.05, 0.1) is 5.69 Å². The summed E-state index contributed by atoms with van der Waals surface area (Å²) in [7, 11) is 0. The molecule has 0 bridgehead atoms. The van der Waals surface area contributed by atoms with Gasteiger partial charge in [0.25, 0.3) is 5.56 Å². The van der Waals surface area contributed by atoms with Gasteiger partial charge in [-0.15, -0.1) is 0 Å². The van der Waals surface area contributed by atoms with Gasteiger partial charge in [0.15, 0.2) is 5.16 Å². The third kappa shape index (κ3) is 4.12. The van der Waals surface area contributed by atoms with Gasteiger partial charge in [-0.3, -0.25) is 9.69 Å². The topological polar surface area (TPSA) is 72.8 Å². The molecule has 5 nitrogen and oxygen atoms in total. The predicted molar refractivity (Wildman–Crippen MR) is 101 cm³/mol. The molecule has 1 aliphatic rings. The second kappa shape index (κ2) is 8.32. The molecule has 1 saturated heterocycles. The Hall–Kier alpha value is -2.10. The van der Waals surface area contributed by atoms with Crippen molar-refractivity contribution in [3.05, 3.63) is 45.7 Å². The Morgan fingerprint density at radius 2 is 1.96 bits per heavy atom. The largest absolute Gasteiger partial charge is 0.300 e. The number of hydrogen-bond donors (Lipinski definition) is 1. The molecule has 2 heterocycles. The van der Waals surface area contributed by atoms with Crippen LogP contribution in [-0.2, 0) is 6.54 Å². The van der Waals surface area contributed by atoms with Crippen molar-refractivity contribution in [1.29, 1.82) is 5.26 Å². The summed E-state index contributed by atoms with van der Waals surface area (Å²) in [5, 5.41) is 9.98. The summed E-state index contributed by atoms with van der Waals surface area (Å²) >= 11 is 1.37. The number of nitriles is 1. The van der Waals surface area contributed by atoms with Gasteiger partial charge in [-0.2, -0.15) is 5.26 Å². The van der Waals surface area contributed by atoms with Crippen molar-refractivity contribution in [3.63, 3.8) is 0 Å². The van der Waals surface area contributed by atoms with E-state index in [0.717, 1.165) is 30.8 Å². The molecule has 6 heteroatoms. The summed E-state index contributed by atoms with van der Waals surface area (Å²) in [6, 6.07) is 10.00. The molecule has 2 aromatic rings. The quantitative estimate of drug-likeness (QED) is 0.673. The van der Waals surface area contributed by atoms with Crippen LogP contribution >= 0.6 is 11.8 Å². The molecule has 0 atom stereocenters. The average molecular weight is 354 g/mol. The molecule has 1 fully saturated rings. The fourth-order valence-electron chi connectivity index (χ4n) is 3.27. The number of thioether (sulfide) groups is 1. The van der Waals surface area contributed by atoms with E-state index in [9.17, 15) is 10.1 Å². The molecular formula is C19H22N4OS. The Bertz CT molecular complexity index is 832. The average Bonchev–Trinajstić information content (AvgIpc) is 2.90. The molecule has 1 aromatic heterocycles. The van der Waals surface area contributed by atoms with Crippen LogP contribution in [0, 0.1) is 11.3 Å². The molecule has 1 N–H and O–H groups in total. The van der Waals surface area contributed by atoms with E-state index < -0.39 is 0 Å². The minimum atomic E-state index is -0.374. The molecule has 0 aliphatic carbocycles. The number of rotatable bonds is 4. The summed E-state index contributed by atoms with van der Waals surface area (Å²) < 4.78 is 0. The highest BCUT2D eigenvalue weighted by atomic mass is 32.2. The second-order valence-electron chi connectivity index (χ2n) is 6.26. The van der Waals surface area contributed by atoms with E-state index in [2.05, 4.69) is 20.9 Å². The van der Waals surface area contributed by atoms with E-state index in [4.69, 9.17) is 0 Å². The summed E-state index contributed by atoms with van der Waals surface area (Å²) in [4.78, 5) is 21.9. The van der Waals surface area contributed by atoms with Gasteiger partial charge in [0.1, 0.15) is 11.6 Å². The maximum Gasteiger partial charge on any atom is 0.270 e. The lowest BCUT2D eigenvalue weighted by atomic mass is 10.0. The predicted octanol–water partition coefficient (Wildman–Crippen LogP) is 3.41. The molecule has 0 unspecified atom stereocenters. The first kappa shape index (κ1) is 17.7. The van der Waals surface area contributed by atoms with Gasteiger partial charge in [0, 0.05) is 12.1 Å². The van der Waals surface area contributed by atoms with Crippen LogP contribution in [0.3, 0.4) is 0 Å². The zero-order chi connectivity index (χ0) is 17.6. The SMILES string of the molecule is CSc1nc(-c2ccccc2CN2CCCCCC2)c(C#N)c(=O)[nH]1. The number of hydrogen-bond acceptors (Lipinski definition) is 5. The summed E-state index contributed by atoms with van der Waals surface area (Å²) in [5.41, 5.74) is 2.19. The van der Waals surface area contributed by atoms with Crippen LogP contribution in [0.5, 0.6) is 0 Å². The van der Waals surface area contributed by atoms with Crippen LogP contribution in [0.1, 0.15) is 36.8 Å². The van der Waals surface area contributed by atoms with Crippen LogP contribution in [0.2, 0.25) is 0 Å². The number of nitrogens with one attached hydrogen (secondary N) is 1. The Morgan fingerprint density at radius 3 is 2.64 bits per heavy atom. The molecule has 0 saturated carbocycles. The third-order valence-corrected chi connectivity index (χ3v) is 5.15. The first-order valence-electron chi connectivity index (χ1n) is 8.62. The zero-order valence-electron chi connectivity index (χ0n) is 14.4. The highest BCUT2D eigenvalue weighted by Crippen LogP contribution is 2.26. The van der Waals surface area contributed by atoms with Crippen molar-refractivity contribution in [2.45, 2.75) is 37.4 Å². The van der Waals surface area contributed by atoms with Crippen molar-refractivity contribution in [2.75, 3.05) is 19.3 Å². The number of H-pyrrole nitrogens is 1. The molecule has 0 amide bonds. The fourth-order valence-corrected chi connectivity index (χ4v) is 3.65. The molecule has 1 aliphatic heterocycles. The van der Waals surface area contributed by atoms with Gasteiger partial charge in [-0.25, -0.2) is 4.98 Å². The van der Waals surface area contributed by atoms with E-state index in [0.29, 0.717) is 10.9 Å². The van der Waals surface area contributed by atoms with E-state index >= 15 is 0 Å². The minimum absolute atomic E-state index is 0.0844. The maximum absolute atomic E-state index is 12.2. The van der Waals surface area contributed by atoms with Gasteiger partial charge in [0.2, 0.25) is 0 Å². The van der Waals surface area contributed by atoms with Crippen molar-refractivity contribution in [2.24, 2.45) is 0 Å². The van der Waals surface area contributed by atoms with Crippen molar-refractivity contribution >= 4 is 11.8 Å². The number of likely N-dealkylation sites (tertiary alicyclic amines) is 1. The number of aromatic nitrogens is 2. The van der Waals surface area contributed by atoms with Crippen molar-refractivity contribution in [3.8, 4) is 17.3 Å². The van der Waals surface area contributed by atoms with Crippen LogP contribution in [-0.4, -0.2) is 34.2 Å². The van der Waals surface area contributed by atoms with Crippen LogP contribution in [0.15, 0.2) is 34.2 Å². The van der Waals surface area contributed by atoms with Gasteiger partial charge >= 0.3 is 0 Å². The molecule has 0 spiro atoms. The molecule has 0 radical (unpaired) electrons. The van der Waals surface area contributed by atoms with E-state index in [-0.39, 0.29) is 11.1 Å². The number of nitrogens with zero attached hydrogens (tertiary/aromatic N) is 3. The molecule has 25 heavy (non-hydrogen) atoms. The lowest BCUT2D eigenvalue weighted by Gasteiger charge is -2.21. The highest BCUT2D eigenvalue weighted by Gasteiger charge is 2.18. The normalized spacial score (nSPS) is 15.5. The number of aromatic amines is 1. The second-order valence-corrected chi connectivity index (χ2v) is 7.05. The molecule has 3 rings (SSSR count). The summed E-state index contributed by atoms with van der Waals surface area (Å²) in [6.45, 7) is 3.01. The van der Waals surface area contributed by atoms with E-state index in [1.165, 1.54) is 37.4 Å². The first-order chi connectivity index (χ1) is 12.2. The van der Waals surface area contributed by atoms with Crippen molar-refractivity contribution < 1.29 is 0 Å². The Kier molecular flexibility index (Phi) is 5.90. The summed E-state index contributed by atoms with van der Waals surface area (Å²) in [5.74, 6) is 0. The molecule has 1 aromatic carbocycles. The zero-order valence-corrected chi connectivity index (χ0v) is 15.2. The lowest BCUT2D eigenvalue weighted by molar-refractivity contribution is 0.277. The standard InChI is InChI=1S/C19H22N4OS/c1-25-19-21-17(16(12-20)18(24)22-19)15-9-5-4-8-14(15)13-23-10-6-2-3-7-11-23/h4-5,8-9H,2-3,6-7,10-11,13H2,1H3,(H,21,22,24). The Labute approximate surface area is 152 Å². The van der Waals surface area contributed by atoms with E-state index in [1.54, 1.807) is 0 Å².